The molecular formula is C8H5Cl2NO2S. The number of nitriles is 1. The van der Waals surface area contributed by atoms with Crippen molar-refractivity contribution in [3.05, 3.63) is 28.3 Å². The van der Waals surface area contributed by atoms with Crippen LogP contribution in [0.2, 0.25) is 5.02 Å². The maximum absolute atomic E-state index is 11.0. The Labute approximate surface area is 91.3 Å². The molecule has 0 N–H and O–H groups in total. The van der Waals surface area contributed by atoms with Crippen molar-refractivity contribution >= 4 is 31.3 Å². The SMILES string of the molecule is Cc1cc(S(=O)(=O)Cl)c(C#N)cc1Cl. The largest absolute Gasteiger partial charge is 0.262 e. The Kier molecular flexibility index (Phi) is 3.05. The number of nitrogens with zero attached hydrogens (tertiary/aromatic N) is 1. The zero-order valence-corrected chi connectivity index (χ0v) is 9.41. The number of hydrogen-bond donors (Lipinski definition) is 0. The van der Waals surface area contributed by atoms with Gasteiger partial charge in [0.05, 0.1) is 5.56 Å². The fourth-order valence-corrected chi connectivity index (χ4v) is 2.18. The van der Waals surface area contributed by atoms with Crippen LogP contribution in [0.4, 0.5) is 0 Å². The number of benzene rings is 1. The highest BCUT2D eigenvalue weighted by atomic mass is 35.7. The Hall–Kier alpha value is -0.760. The first-order chi connectivity index (χ1) is 6.36. The van der Waals surface area contributed by atoms with Gasteiger partial charge < -0.3 is 0 Å². The first kappa shape index (κ1) is 11.3. The van der Waals surface area contributed by atoms with Crippen LogP contribution in [-0.2, 0) is 9.05 Å². The fraction of sp³-hybridized carbons (Fsp3) is 0.125. The molecule has 14 heavy (non-hydrogen) atoms. The van der Waals surface area contributed by atoms with Crippen LogP contribution in [0.3, 0.4) is 0 Å². The zero-order chi connectivity index (χ0) is 10.9. The van der Waals surface area contributed by atoms with Gasteiger partial charge in [0.2, 0.25) is 0 Å². The number of halogens is 2. The Morgan fingerprint density at radius 1 is 1.43 bits per heavy atom. The topological polar surface area (TPSA) is 57.9 Å². The molecule has 0 spiro atoms. The second-order valence-electron chi connectivity index (χ2n) is 2.65. The maximum atomic E-state index is 11.0. The van der Waals surface area contributed by atoms with Crippen LogP contribution >= 0.6 is 22.3 Å². The van der Waals surface area contributed by atoms with Crippen LogP contribution in [-0.4, -0.2) is 8.42 Å². The lowest BCUT2D eigenvalue weighted by Crippen LogP contribution is -1.96. The van der Waals surface area contributed by atoms with E-state index in [0.717, 1.165) is 0 Å². The monoisotopic (exact) mass is 249 g/mol. The molecule has 0 saturated carbocycles. The number of rotatable bonds is 1. The second kappa shape index (κ2) is 3.77. The van der Waals surface area contributed by atoms with Crippen LogP contribution in [0.1, 0.15) is 11.1 Å². The van der Waals surface area contributed by atoms with Crippen molar-refractivity contribution in [2.45, 2.75) is 11.8 Å². The van der Waals surface area contributed by atoms with Gasteiger partial charge in [-0.1, -0.05) is 11.6 Å². The van der Waals surface area contributed by atoms with E-state index in [4.69, 9.17) is 27.5 Å². The van der Waals surface area contributed by atoms with Gasteiger partial charge in [0.25, 0.3) is 9.05 Å². The molecule has 0 fully saturated rings. The molecule has 0 aliphatic rings. The molecule has 3 nitrogen and oxygen atoms in total. The molecule has 1 rings (SSSR count). The van der Waals surface area contributed by atoms with Crippen molar-refractivity contribution in [2.75, 3.05) is 0 Å². The summed E-state index contributed by atoms with van der Waals surface area (Å²) in [5, 5.41) is 9.00. The summed E-state index contributed by atoms with van der Waals surface area (Å²) in [5.41, 5.74) is 0.514. The molecule has 0 aliphatic heterocycles. The Morgan fingerprint density at radius 2 is 2.00 bits per heavy atom. The van der Waals surface area contributed by atoms with Crippen molar-refractivity contribution in [2.24, 2.45) is 0 Å². The van der Waals surface area contributed by atoms with E-state index >= 15 is 0 Å². The average Bonchev–Trinajstić information content (AvgIpc) is 2.07. The van der Waals surface area contributed by atoms with Crippen molar-refractivity contribution in [3.63, 3.8) is 0 Å². The maximum Gasteiger partial charge on any atom is 0.262 e. The van der Waals surface area contributed by atoms with Gasteiger partial charge >= 0.3 is 0 Å². The Morgan fingerprint density at radius 3 is 2.43 bits per heavy atom. The molecule has 1 aromatic carbocycles. The fourth-order valence-electron chi connectivity index (χ4n) is 0.944. The minimum atomic E-state index is -3.89. The van der Waals surface area contributed by atoms with E-state index in [9.17, 15) is 8.42 Å². The summed E-state index contributed by atoms with van der Waals surface area (Å²) < 4.78 is 22.1. The first-order valence-electron chi connectivity index (χ1n) is 3.51. The predicted octanol–water partition coefficient (Wildman–Crippen LogP) is 2.45. The Bertz CT molecular complexity index is 517. The summed E-state index contributed by atoms with van der Waals surface area (Å²) in [7, 11) is 1.25. The highest BCUT2D eigenvalue weighted by molar-refractivity contribution is 8.13. The first-order valence-corrected chi connectivity index (χ1v) is 6.20. The van der Waals surface area contributed by atoms with E-state index < -0.39 is 9.05 Å². The average molecular weight is 250 g/mol. The lowest BCUT2D eigenvalue weighted by atomic mass is 10.2. The molecule has 1 aromatic rings. The summed E-state index contributed by atoms with van der Waals surface area (Å²) in [5.74, 6) is 0. The zero-order valence-electron chi connectivity index (χ0n) is 7.08. The molecule has 0 atom stereocenters. The van der Waals surface area contributed by atoms with E-state index in [-0.39, 0.29) is 10.5 Å². The second-order valence-corrected chi connectivity index (χ2v) is 5.59. The van der Waals surface area contributed by atoms with E-state index in [1.807, 2.05) is 0 Å². The smallest absolute Gasteiger partial charge is 0.207 e. The normalized spacial score (nSPS) is 11.0. The van der Waals surface area contributed by atoms with Crippen molar-refractivity contribution in [1.82, 2.24) is 0 Å². The van der Waals surface area contributed by atoms with Crippen molar-refractivity contribution in [3.8, 4) is 6.07 Å². The molecule has 0 heterocycles. The van der Waals surface area contributed by atoms with Gasteiger partial charge in [-0.15, -0.1) is 0 Å². The molecule has 74 valence electrons. The molecule has 0 amide bonds. The highest BCUT2D eigenvalue weighted by Gasteiger charge is 2.17. The highest BCUT2D eigenvalue weighted by Crippen LogP contribution is 2.26. The summed E-state index contributed by atoms with van der Waals surface area (Å²) in [6.45, 7) is 1.63. The number of aryl methyl sites for hydroxylation is 1. The number of hydrogen-bond acceptors (Lipinski definition) is 3. The van der Waals surface area contributed by atoms with Crippen molar-refractivity contribution < 1.29 is 8.42 Å². The molecule has 0 aromatic heterocycles. The van der Waals surface area contributed by atoms with Gasteiger partial charge in [-0.05, 0) is 24.6 Å². The van der Waals surface area contributed by atoms with Crippen LogP contribution in [0, 0.1) is 18.3 Å². The van der Waals surface area contributed by atoms with Crippen LogP contribution in [0.25, 0.3) is 0 Å². The Balaban J connectivity index is 3.61. The van der Waals surface area contributed by atoms with Crippen LogP contribution < -0.4 is 0 Å². The lowest BCUT2D eigenvalue weighted by Gasteiger charge is -2.03. The minimum Gasteiger partial charge on any atom is -0.207 e. The van der Waals surface area contributed by atoms with Crippen LogP contribution in [0.5, 0.6) is 0 Å². The van der Waals surface area contributed by atoms with Gasteiger partial charge in [-0.25, -0.2) is 8.42 Å². The molecule has 0 saturated heterocycles. The van der Waals surface area contributed by atoms with Gasteiger partial charge in [-0.2, -0.15) is 5.26 Å². The summed E-state index contributed by atoms with van der Waals surface area (Å²) in [4.78, 5) is -0.205. The summed E-state index contributed by atoms with van der Waals surface area (Å²) >= 11 is 5.73. The van der Waals surface area contributed by atoms with E-state index in [1.165, 1.54) is 12.1 Å². The minimum absolute atomic E-state index is 0.0457. The molecule has 0 unspecified atom stereocenters. The van der Waals surface area contributed by atoms with Gasteiger partial charge in [0.1, 0.15) is 11.0 Å². The van der Waals surface area contributed by atoms with Crippen molar-refractivity contribution in [1.29, 1.82) is 5.26 Å². The molecule has 0 aliphatic carbocycles. The van der Waals surface area contributed by atoms with Gasteiger partial charge in [0.15, 0.2) is 0 Å². The molecular weight excluding hydrogens is 245 g/mol. The third kappa shape index (κ3) is 2.18. The third-order valence-electron chi connectivity index (χ3n) is 1.64. The molecule has 6 heteroatoms. The predicted molar refractivity (Wildman–Crippen MR) is 53.9 cm³/mol. The third-order valence-corrected chi connectivity index (χ3v) is 3.41. The quantitative estimate of drug-likeness (QED) is 0.719. The van der Waals surface area contributed by atoms with E-state index in [1.54, 1.807) is 13.0 Å². The molecule has 0 radical (unpaired) electrons. The van der Waals surface area contributed by atoms with Gasteiger partial charge in [-0.3, -0.25) is 0 Å². The van der Waals surface area contributed by atoms with E-state index in [2.05, 4.69) is 0 Å². The standard InChI is InChI=1S/C8H5Cl2NO2S/c1-5-2-8(14(10,12)13)6(4-11)3-7(5)9/h2-3H,1H3. The molecule has 0 bridgehead atoms. The summed E-state index contributed by atoms with van der Waals surface area (Å²) in [6, 6.07) is 4.29. The van der Waals surface area contributed by atoms with E-state index in [0.29, 0.717) is 10.6 Å². The van der Waals surface area contributed by atoms with Gasteiger partial charge in [0, 0.05) is 15.7 Å². The van der Waals surface area contributed by atoms with Crippen LogP contribution in [0.15, 0.2) is 17.0 Å². The lowest BCUT2D eigenvalue weighted by molar-refractivity contribution is 0.609. The summed E-state index contributed by atoms with van der Waals surface area (Å²) in [6.07, 6.45) is 0.